The highest BCUT2D eigenvalue weighted by atomic mass is 32.2. The van der Waals surface area contributed by atoms with Crippen molar-refractivity contribution < 1.29 is 13.2 Å². The number of amides is 1. The third-order valence-electron chi connectivity index (χ3n) is 5.87. The van der Waals surface area contributed by atoms with Crippen molar-refractivity contribution in [1.29, 1.82) is 0 Å². The number of fused-ring (bicyclic) bond motifs is 1. The van der Waals surface area contributed by atoms with Crippen molar-refractivity contribution >= 4 is 15.9 Å². The highest BCUT2D eigenvalue weighted by molar-refractivity contribution is 7.90. The molecule has 2 saturated carbocycles. The lowest BCUT2D eigenvalue weighted by atomic mass is 9.69. The van der Waals surface area contributed by atoms with Crippen LogP contribution >= 0.6 is 0 Å². The quantitative estimate of drug-likeness (QED) is 0.678. The molecule has 1 aliphatic heterocycles. The molecule has 0 aromatic heterocycles. The Hall–Kier alpha value is -0.840. The normalized spacial score (nSPS) is 42.9. The molecule has 3 aliphatic rings. The first-order valence-corrected chi connectivity index (χ1v) is 7.95. The number of carbonyl (C=O) groups excluding carboxylic acids is 1. The minimum atomic E-state index is -3.47. The Kier molecular flexibility index (Phi) is 2.16. The van der Waals surface area contributed by atoms with Crippen molar-refractivity contribution in [2.75, 3.05) is 6.54 Å². The largest absolute Gasteiger partial charge is 0.269 e. The molecule has 2 unspecified atom stereocenters. The van der Waals surface area contributed by atoms with Crippen LogP contribution in [-0.4, -0.2) is 30.4 Å². The lowest BCUT2D eigenvalue weighted by Gasteiger charge is -2.36. The molecule has 1 saturated heterocycles. The zero-order valence-corrected chi connectivity index (χ0v) is 11.7. The van der Waals surface area contributed by atoms with Crippen LogP contribution in [-0.2, 0) is 14.8 Å². The average Bonchev–Trinajstić information content (AvgIpc) is 2.80. The highest BCUT2D eigenvalue weighted by Gasteiger charge is 2.72. The first-order chi connectivity index (χ1) is 8.27. The summed E-state index contributed by atoms with van der Waals surface area (Å²) in [6.07, 6.45) is 3.84. The zero-order valence-electron chi connectivity index (χ0n) is 10.8. The number of carbonyl (C=O) groups is 1. The molecule has 0 aromatic rings. The van der Waals surface area contributed by atoms with Crippen LogP contribution in [0.3, 0.4) is 0 Å². The van der Waals surface area contributed by atoms with Gasteiger partial charge in [0.15, 0.2) is 0 Å². The van der Waals surface area contributed by atoms with Gasteiger partial charge in [0, 0.05) is 12.0 Å². The molecule has 18 heavy (non-hydrogen) atoms. The summed E-state index contributed by atoms with van der Waals surface area (Å²) in [4.78, 5) is 11.8. The van der Waals surface area contributed by atoms with Gasteiger partial charge in [0.2, 0.25) is 10.0 Å². The Morgan fingerprint density at radius 3 is 2.61 bits per heavy atom. The molecule has 0 N–H and O–H groups in total. The van der Waals surface area contributed by atoms with E-state index in [0.717, 1.165) is 29.6 Å². The predicted molar refractivity (Wildman–Crippen MR) is 68.2 cm³/mol. The Bertz CT molecular complexity index is 536. The Morgan fingerprint density at radius 2 is 2.11 bits per heavy atom. The van der Waals surface area contributed by atoms with Crippen LogP contribution < -0.4 is 0 Å². The fourth-order valence-electron chi connectivity index (χ4n) is 4.59. The summed E-state index contributed by atoms with van der Waals surface area (Å²) in [6.45, 7) is 8.10. The molecule has 3 atom stereocenters. The minimum absolute atomic E-state index is 0.0148. The van der Waals surface area contributed by atoms with E-state index in [0.29, 0.717) is 12.5 Å². The van der Waals surface area contributed by atoms with Gasteiger partial charge in [0.1, 0.15) is 0 Å². The van der Waals surface area contributed by atoms with Crippen molar-refractivity contribution in [3.05, 3.63) is 12.7 Å². The van der Waals surface area contributed by atoms with Crippen LogP contribution in [0.5, 0.6) is 0 Å². The Morgan fingerprint density at radius 1 is 1.44 bits per heavy atom. The topological polar surface area (TPSA) is 54.5 Å². The number of hydrogen-bond acceptors (Lipinski definition) is 3. The molecule has 3 fully saturated rings. The lowest BCUT2D eigenvalue weighted by Crippen LogP contribution is -2.39. The van der Waals surface area contributed by atoms with Crippen molar-refractivity contribution in [2.24, 2.45) is 16.7 Å². The molecule has 4 nitrogen and oxygen atoms in total. The molecule has 0 radical (unpaired) electrons. The van der Waals surface area contributed by atoms with E-state index in [1.807, 2.05) is 0 Å². The molecule has 3 rings (SSSR count). The number of nitrogens with zero attached hydrogens (tertiary/aromatic N) is 1. The molecule has 5 heteroatoms. The number of hydrogen-bond donors (Lipinski definition) is 0. The maximum absolute atomic E-state index is 12.5. The van der Waals surface area contributed by atoms with Gasteiger partial charge in [-0.2, -0.15) is 0 Å². The Labute approximate surface area is 108 Å². The smallest absolute Gasteiger partial charge is 0.259 e. The van der Waals surface area contributed by atoms with Gasteiger partial charge < -0.3 is 0 Å². The maximum atomic E-state index is 12.5. The van der Waals surface area contributed by atoms with Crippen molar-refractivity contribution in [1.82, 2.24) is 4.31 Å². The zero-order chi connectivity index (χ0) is 13.3. The summed E-state index contributed by atoms with van der Waals surface area (Å²) in [6, 6.07) is 0. The fourth-order valence-corrected chi connectivity index (χ4v) is 7.17. The third kappa shape index (κ3) is 1.08. The summed E-state index contributed by atoms with van der Waals surface area (Å²) < 4.78 is 26.1. The summed E-state index contributed by atoms with van der Waals surface area (Å²) >= 11 is 0. The van der Waals surface area contributed by atoms with Crippen LogP contribution in [0.15, 0.2) is 12.7 Å². The number of rotatable bonds is 1. The van der Waals surface area contributed by atoms with Crippen LogP contribution in [0.1, 0.15) is 33.1 Å². The predicted octanol–water partition coefficient (Wildman–Crippen LogP) is 1.54. The van der Waals surface area contributed by atoms with E-state index >= 15 is 0 Å². The maximum Gasteiger partial charge on any atom is 0.259 e. The molecule has 1 spiro atoms. The van der Waals surface area contributed by atoms with E-state index in [4.69, 9.17) is 0 Å². The second kappa shape index (κ2) is 3.18. The molecular weight excluding hydrogens is 250 g/mol. The SMILES string of the molecule is C=CC(=O)N1C[C@]23CCC(CC2S1(=O)=O)C3(C)C. The van der Waals surface area contributed by atoms with Crippen molar-refractivity contribution in [3.8, 4) is 0 Å². The minimum Gasteiger partial charge on any atom is -0.269 e. The summed E-state index contributed by atoms with van der Waals surface area (Å²) in [5.41, 5.74) is -0.212. The monoisotopic (exact) mass is 269 g/mol. The summed E-state index contributed by atoms with van der Waals surface area (Å²) in [7, 11) is -3.47. The third-order valence-corrected chi connectivity index (χ3v) is 8.16. The van der Waals surface area contributed by atoms with E-state index in [1.54, 1.807) is 0 Å². The summed E-state index contributed by atoms with van der Waals surface area (Å²) in [5.74, 6) is 0.0104. The molecular formula is C13H19NO3S. The Balaban J connectivity index is 2.12. The molecule has 1 heterocycles. The van der Waals surface area contributed by atoms with Gasteiger partial charge in [-0.05, 0) is 36.7 Å². The van der Waals surface area contributed by atoms with Gasteiger partial charge in [-0.25, -0.2) is 12.7 Å². The number of sulfonamides is 1. The molecule has 0 aromatic carbocycles. The van der Waals surface area contributed by atoms with Crippen LogP contribution in [0, 0.1) is 16.7 Å². The molecule has 1 amide bonds. The van der Waals surface area contributed by atoms with Gasteiger partial charge in [0.05, 0.1) is 5.25 Å². The standard InChI is InChI=1S/C13H19NO3S/c1-4-11(15)14-8-13-6-5-9(12(13,2)3)7-10(13)18(14,16)17/h4,9-10H,1,5-8H2,2-3H3/t9?,10?,13-/m1/s1. The van der Waals surface area contributed by atoms with E-state index in [1.165, 1.54) is 0 Å². The van der Waals surface area contributed by atoms with Crippen molar-refractivity contribution in [3.63, 3.8) is 0 Å². The molecule has 2 aliphatic carbocycles. The summed E-state index contributed by atoms with van der Waals surface area (Å²) in [5, 5.41) is -0.359. The van der Waals surface area contributed by atoms with Gasteiger partial charge in [-0.3, -0.25) is 4.79 Å². The van der Waals surface area contributed by atoms with Gasteiger partial charge >= 0.3 is 0 Å². The lowest BCUT2D eigenvalue weighted by molar-refractivity contribution is -0.122. The highest BCUT2D eigenvalue weighted by Crippen LogP contribution is 2.70. The van der Waals surface area contributed by atoms with E-state index < -0.39 is 15.9 Å². The van der Waals surface area contributed by atoms with Crippen LogP contribution in [0.4, 0.5) is 0 Å². The van der Waals surface area contributed by atoms with Crippen LogP contribution in [0.2, 0.25) is 0 Å². The van der Waals surface area contributed by atoms with E-state index in [2.05, 4.69) is 20.4 Å². The van der Waals surface area contributed by atoms with Gasteiger partial charge in [0.25, 0.3) is 5.91 Å². The second-order valence-corrected chi connectivity index (χ2v) is 8.47. The fraction of sp³-hybridized carbons (Fsp3) is 0.769. The second-order valence-electron chi connectivity index (χ2n) is 6.43. The molecule has 100 valence electrons. The first-order valence-electron chi connectivity index (χ1n) is 6.45. The van der Waals surface area contributed by atoms with Gasteiger partial charge in [-0.15, -0.1) is 0 Å². The molecule has 2 bridgehead atoms. The van der Waals surface area contributed by atoms with Crippen LogP contribution in [0.25, 0.3) is 0 Å². The van der Waals surface area contributed by atoms with E-state index in [-0.39, 0.29) is 16.1 Å². The first kappa shape index (κ1) is 12.2. The van der Waals surface area contributed by atoms with Gasteiger partial charge in [-0.1, -0.05) is 20.4 Å². The van der Waals surface area contributed by atoms with Crippen molar-refractivity contribution in [2.45, 2.75) is 38.4 Å². The van der Waals surface area contributed by atoms with E-state index in [9.17, 15) is 13.2 Å². The average molecular weight is 269 g/mol.